The monoisotopic (exact) mass is 254 g/mol. The van der Waals surface area contributed by atoms with Crippen LogP contribution < -0.4 is 0 Å². The molecule has 3 rings (SSSR count). The molecule has 6 unspecified atom stereocenters. The standard InChI is InChI=1S/C12H14O6/c1-4(13)17-9-5-3-6-8(7(5)11(14)16-2)12(15)18-10(6)9/h5-10H,3H2,1-2H3. The van der Waals surface area contributed by atoms with Crippen molar-refractivity contribution >= 4 is 17.9 Å². The second-order valence-electron chi connectivity index (χ2n) is 5.11. The van der Waals surface area contributed by atoms with Gasteiger partial charge in [0.05, 0.1) is 18.9 Å². The lowest BCUT2D eigenvalue weighted by molar-refractivity contribution is -0.163. The number of hydrogen-bond donors (Lipinski definition) is 0. The van der Waals surface area contributed by atoms with Gasteiger partial charge in [-0.05, 0) is 6.42 Å². The van der Waals surface area contributed by atoms with Crippen LogP contribution in [-0.4, -0.2) is 37.2 Å². The van der Waals surface area contributed by atoms with E-state index in [0.717, 1.165) is 0 Å². The van der Waals surface area contributed by atoms with E-state index >= 15 is 0 Å². The van der Waals surface area contributed by atoms with Crippen LogP contribution in [-0.2, 0) is 28.6 Å². The average Bonchev–Trinajstić information content (AvgIpc) is 2.90. The Balaban J connectivity index is 1.92. The Morgan fingerprint density at radius 3 is 2.67 bits per heavy atom. The second-order valence-corrected chi connectivity index (χ2v) is 5.11. The molecule has 1 saturated heterocycles. The van der Waals surface area contributed by atoms with E-state index in [1.165, 1.54) is 14.0 Å². The minimum absolute atomic E-state index is 0.0176. The van der Waals surface area contributed by atoms with Crippen LogP contribution in [0.15, 0.2) is 0 Å². The zero-order chi connectivity index (χ0) is 13.0. The van der Waals surface area contributed by atoms with Crippen molar-refractivity contribution < 1.29 is 28.6 Å². The summed E-state index contributed by atoms with van der Waals surface area (Å²) in [5, 5.41) is 0. The van der Waals surface area contributed by atoms with E-state index in [9.17, 15) is 14.4 Å². The molecule has 0 radical (unpaired) electrons. The van der Waals surface area contributed by atoms with Gasteiger partial charge in [0, 0.05) is 18.8 Å². The molecule has 0 N–H and O–H groups in total. The van der Waals surface area contributed by atoms with Gasteiger partial charge in [0.15, 0.2) is 0 Å². The summed E-state index contributed by atoms with van der Waals surface area (Å²) in [6.45, 7) is 1.31. The Labute approximate surface area is 104 Å². The van der Waals surface area contributed by atoms with Gasteiger partial charge in [-0.1, -0.05) is 0 Å². The minimum Gasteiger partial charge on any atom is -0.469 e. The second kappa shape index (κ2) is 3.70. The van der Waals surface area contributed by atoms with E-state index in [1.54, 1.807) is 0 Å². The molecular weight excluding hydrogens is 240 g/mol. The fourth-order valence-electron chi connectivity index (χ4n) is 3.80. The van der Waals surface area contributed by atoms with Gasteiger partial charge in [-0.2, -0.15) is 0 Å². The van der Waals surface area contributed by atoms with Crippen molar-refractivity contribution in [3.8, 4) is 0 Å². The summed E-state index contributed by atoms with van der Waals surface area (Å²) in [7, 11) is 1.30. The highest BCUT2D eigenvalue weighted by atomic mass is 16.6. The quantitative estimate of drug-likeness (QED) is 0.505. The molecule has 0 aromatic rings. The molecule has 0 spiro atoms. The summed E-state index contributed by atoms with van der Waals surface area (Å²) in [6.07, 6.45) is -0.199. The smallest absolute Gasteiger partial charge is 0.310 e. The molecular formula is C12H14O6. The number of carbonyl (C=O) groups excluding carboxylic acids is 3. The van der Waals surface area contributed by atoms with Gasteiger partial charge in [-0.15, -0.1) is 0 Å². The molecule has 6 nitrogen and oxygen atoms in total. The predicted molar refractivity (Wildman–Crippen MR) is 56.0 cm³/mol. The maximum absolute atomic E-state index is 11.8. The Kier molecular flexibility index (Phi) is 2.36. The summed E-state index contributed by atoms with van der Waals surface area (Å²) in [4.78, 5) is 34.7. The van der Waals surface area contributed by atoms with Crippen molar-refractivity contribution in [2.75, 3.05) is 7.11 Å². The van der Waals surface area contributed by atoms with Crippen molar-refractivity contribution in [3.63, 3.8) is 0 Å². The van der Waals surface area contributed by atoms with Crippen LogP contribution in [0.3, 0.4) is 0 Å². The molecule has 98 valence electrons. The van der Waals surface area contributed by atoms with Gasteiger partial charge in [-0.3, -0.25) is 14.4 Å². The molecule has 2 saturated carbocycles. The number of hydrogen-bond acceptors (Lipinski definition) is 6. The van der Waals surface area contributed by atoms with Crippen LogP contribution in [0, 0.1) is 23.7 Å². The number of ether oxygens (including phenoxy) is 3. The zero-order valence-electron chi connectivity index (χ0n) is 10.1. The van der Waals surface area contributed by atoms with Crippen LogP contribution >= 0.6 is 0 Å². The van der Waals surface area contributed by atoms with Gasteiger partial charge < -0.3 is 14.2 Å². The fraction of sp³-hybridized carbons (Fsp3) is 0.750. The van der Waals surface area contributed by atoms with Gasteiger partial charge in [0.2, 0.25) is 0 Å². The van der Waals surface area contributed by atoms with Crippen LogP contribution in [0.4, 0.5) is 0 Å². The van der Waals surface area contributed by atoms with E-state index in [2.05, 4.69) is 0 Å². The SMILES string of the molecule is COC(=O)C1C2CC3C(OC(=O)C31)C2OC(C)=O. The lowest BCUT2D eigenvalue weighted by Gasteiger charge is -2.29. The zero-order valence-corrected chi connectivity index (χ0v) is 10.1. The first kappa shape index (κ1) is 11.5. The first-order chi connectivity index (χ1) is 8.54. The third-order valence-electron chi connectivity index (χ3n) is 4.32. The van der Waals surface area contributed by atoms with E-state index < -0.39 is 29.9 Å². The molecule has 1 heterocycles. The maximum atomic E-state index is 11.8. The molecule has 2 bridgehead atoms. The number of carbonyl (C=O) groups is 3. The molecule has 18 heavy (non-hydrogen) atoms. The number of esters is 3. The van der Waals surface area contributed by atoms with Crippen LogP contribution in [0.5, 0.6) is 0 Å². The van der Waals surface area contributed by atoms with Crippen LogP contribution in [0.1, 0.15) is 13.3 Å². The third-order valence-corrected chi connectivity index (χ3v) is 4.32. The first-order valence-electron chi connectivity index (χ1n) is 6.00. The summed E-state index contributed by atoms with van der Waals surface area (Å²) in [5.41, 5.74) is 0. The largest absolute Gasteiger partial charge is 0.469 e. The molecule has 0 amide bonds. The maximum Gasteiger partial charge on any atom is 0.310 e. The van der Waals surface area contributed by atoms with Gasteiger partial charge in [-0.25, -0.2) is 0 Å². The lowest BCUT2D eigenvalue weighted by Crippen LogP contribution is -2.43. The molecule has 0 aromatic carbocycles. The van der Waals surface area contributed by atoms with Gasteiger partial charge in [0.1, 0.15) is 12.2 Å². The van der Waals surface area contributed by atoms with Crippen molar-refractivity contribution in [1.82, 2.24) is 0 Å². The number of rotatable bonds is 2. The Hall–Kier alpha value is -1.59. The normalized spacial score (nSPS) is 43.8. The molecule has 6 heteroatoms. The summed E-state index contributed by atoms with van der Waals surface area (Å²) >= 11 is 0. The molecule has 2 aliphatic carbocycles. The first-order valence-corrected chi connectivity index (χ1v) is 6.00. The van der Waals surface area contributed by atoms with Crippen molar-refractivity contribution in [2.24, 2.45) is 23.7 Å². The molecule has 3 fully saturated rings. The summed E-state index contributed by atoms with van der Waals surface area (Å²) in [6, 6.07) is 0. The molecule has 0 aromatic heterocycles. The lowest BCUT2D eigenvalue weighted by atomic mass is 9.78. The molecule has 6 atom stereocenters. The van der Waals surface area contributed by atoms with Crippen LogP contribution in [0.2, 0.25) is 0 Å². The predicted octanol–water partition coefficient (Wildman–Crippen LogP) is -0.101. The fourth-order valence-corrected chi connectivity index (χ4v) is 3.80. The molecule has 1 aliphatic heterocycles. The topological polar surface area (TPSA) is 78.9 Å². The van der Waals surface area contributed by atoms with E-state index in [-0.39, 0.29) is 23.9 Å². The van der Waals surface area contributed by atoms with Crippen LogP contribution in [0.25, 0.3) is 0 Å². The Morgan fingerprint density at radius 1 is 1.33 bits per heavy atom. The minimum atomic E-state index is -0.532. The molecule has 3 aliphatic rings. The van der Waals surface area contributed by atoms with Crippen molar-refractivity contribution in [2.45, 2.75) is 25.6 Å². The van der Waals surface area contributed by atoms with Crippen molar-refractivity contribution in [3.05, 3.63) is 0 Å². The number of fused-ring (bicyclic) bond motifs is 1. The highest BCUT2D eigenvalue weighted by molar-refractivity contribution is 5.86. The van der Waals surface area contributed by atoms with E-state index in [1.807, 2.05) is 0 Å². The van der Waals surface area contributed by atoms with Gasteiger partial charge in [0.25, 0.3) is 0 Å². The van der Waals surface area contributed by atoms with Crippen molar-refractivity contribution in [1.29, 1.82) is 0 Å². The van der Waals surface area contributed by atoms with E-state index in [4.69, 9.17) is 14.2 Å². The number of methoxy groups -OCH3 is 1. The highest BCUT2D eigenvalue weighted by Gasteiger charge is 2.70. The summed E-state index contributed by atoms with van der Waals surface area (Å²) in [5.74, 6) is -2.33. The Morgan fingerprint density at radius 2 is 2.06 bits per heavy atom. The van der Waals surface area contributed by atoms with Gasteiger partial charge >= 0.3 is 17.9 Å². The average molecular weight is 254 g/mol. The van der Waals surface area contributed by atoms with E-state index in [0.29, 0.717) is 6.42 Å². The third kappa shape index (κ3) is 1.31. The Bertz CT molecular complexity index is 430. The summed E-state index contributed by atoms with van der Waals surface area (Å²) < 4.78 is 15.2. The highest BCUT2D eigenvalue weighted by Crippen LogP contribution is 2.58.